The minimum atomic E-state index is -0.879. The Morgan fingerprint density at radius 3 is 0.227 bits per heavy atom. The molecule has 0 aromatic carbocycles. The van der Waals surface area contributed by atoms with Crippen LogP contribution < -0.4 is 0 Å². The average Bonchev–Trinajstić information content (AvgIpc) is 0.961. The molecule has 8 aliphatic rings. The summed E-state index contributed by atoms with van der Waals surface area (Å²) in [6.07, 6.45) is 122. The van der Waals surface area contributed by atoms with Crippen LogP contribution in [-0.4, -0.2) is 99.7 Å². The molecule has 0 atom stereocenters. The topological polar surface area (TPSA) is 0 Å². The summed E-state index contributed by atoms with van der Waals surface area (Å²) in [5.41, 5.74) is 0. The number of hydrogen-bond donors (Lipinski definition) is 0. The van der Waals surface area contributed by atoms with Gasteiger partial charge in [-0.3, -0.25) is 0 Å². The average molecular weight is 2850 g/mol. The molecule has 0 unspecified atom stereocenters. The van der Waals surface area contributed by atoms with Gasteiger partial charge in [0.15, 0.2) is 0 Å². The Morgan fingerprint density at radius 1 is 0.141 bits per heavy atom. The van der Waals surface area contributed by atoms with Crippen molar-refractivity contribution < 1.29 is 156 Å². The molecule has 0 amide bonds. The van der Waals surface area contributed by atoms with Gasteiger partial charge in [0.2, 0.25) is 0 Å². The molecule has 8 rings (SSSR count). The number of halogens is 8. The summed E-state index contributed by atoms with van der Waals surface area (Å²) in [7, 11) is -3.51. The third kappa shape index (κ3) is 188. The van der Waals surface area contributed by atoms with Crippen molar-refractivity contribution in [2.75, 3.05) is 67.4 Å². The first-order valence-corrected chi connectivity index (χ1v) is 68.2. The predicted octanol–water partition coefficient (Wildman–Crippen LogP) is 37.3. The monoisotopic (exact) mass is 2850 g/mol. The molecule has 0 nitrogen and oxygen atoms in total. The van der Waals surface area contributed by atoms with Crippen LogP contribution in [0.25, 0.3) is 0 Å². The second-order valence-corrected chi connectivity index (χ2v) is 60.1. The molecule has 0 bridgehead atoms. The molecule has 0 aromatic rings. The van der Waals surface area contributed by atoms with Crippen LogP contribution in [0.15, 0.2) is 194 Å². The van der Waals surface area contributed by atoms with Crippen LogP contribution in [0, 0.1) is 0 Å². The van der Waals surface area contributed by atoms with Gasteiger partial charge in [0.25, 0.3) is 0 Å². The fraction of sp³-hybridized carbons (Fsp3) is 0.680. The van der Waals surface area contributed by atoms with E-state index < -0.39 is 32.3 Å². The summed E-state index contributed by atoms with van der Waals surface area (Å²) in [5, 5.41) is 0.778. The second kappa shape index (κ2) is 156. The maximum absolute atomic E-state index is 4.93. The van der Waals surface area contributed by atoms with Crippen molar-refractivity contribution in [2.45, 2.75) is 358 Å². The van der Waals surface area contributed by atoms with Gasteiger partial charge >= 0.3 is 0 Å². The molecule has 0 fully saturated rings. The van der Waals surface area contributed by atoms with Gasteiger partial charge < -0.3 is 101 Å². The van der Waals surface area contributed by atoms with E-state index in [1.54, 1.807) is 0 Å². The van der Waals surface area contributed by atoms with Crippen LogP contribution in [0.3, 0.4) is 0 Å². The standard InChI is InChI=1S/4C8H20S2Si.8C8H12.4CH2Cl2.8Rh/c4*1-11(2,7-3-5-9)8-4-6-10;8*1-2-4-6-8-7-5-3-1;4*2-1-3;;;;;;;;/h4*9-10H,3-8H2,1-2H3;8*1-2,7-8H,3-6H2;4*1H2;;;;;;;;/p-8/b;;;;8*2-1-,8-7-;;;;;;;;;;;;. The Hall–Kier alpha value is 6.81. The van der Waals surface area contributed by atoms with Gasteiger partial charge in [-0.05, 0) is 205 Å². The Balaban J connectivity index is -0.0000000751. The molecule has 0 saturated heterocycles. The third-order valence-corrected chi connectivity index (χ3v) is 34.6. The Bertz CT molecular complexity index is 1800. The van der Waals surface area contributed by atoms with Gasteiger partial charge in [0, 0.05) is 188 Å². The minimum Gasteiger partial charge on any atom is -0.793 e. The molecule has 0 heterocycles. The van der Waals surface area contributed by atoms with E-state index in [4.69, 9.17) is 194 Å². The molecule has 28 heteroatoms. The zero-order valence-corrected chi connectivity index (χ0v) is 110. The molecule has 8 aliphatic carbocycles. The summed E-state index contributed by atoms with van der Waals surface area (Å²) >= 11 is 77.6. The van der Waals surface area contributed by atoms with Crippen molar-refractivity contribution in [1.29, 1.82) is 0 Å². The summed E-state index contributed by atoms with van der Waals surface area (Å²) in [5.74, 6) is 7.48. The van der Waals surface area contributed by atoms with E-state index in [1.165, 1.54) is 305 Å². The Labute approximate surface area is 987 Å². The van der Waals surface area contributed by atoms with E-state index >= 15 is 0 Å². The number of rotatable bonds is 24. The Kier molecular flexibility index (Phi) is 209. The number of allylic oxidation sites excluding steroid dienone is 32. The summed E-state index contributed by atoms with van der Waals surface area (Å²) in [4.78, 5) is 0. The second-order valence-electron chi connectivity index (χ2n) is 32.3. The van der Waals surface area contributed by atoms with Crippen molar-refractivity contribution in [3.8, 4) is 0 Å². The fourth-order valence-electron chi connectivity index (χ4n) is 11.8. The normalized spacial score (nSPS) is 18.7. The van der Waals surface area contributed by atoms with E-state index in [2.05, 4.69) is 247 Å². The first kappa shape index (κ1) is 171. The molecule has 776 valence electrons. The van der Waals surface area contributed by atoms with Crippen LogP contribution in [0.4, 0.5) is 0 Å². The third-order valence-electron chi connectivity index (χ3n) is 18.6. The van der Waals surface area contributed by atoms with Gasteiger partial charge in [-0.15, -0.1) is 92.8 Å². The van der Waals surface area contributed by atoms with E-state index in [1.807, 2.05) is 0 Å². The Morgan fingerprint density at radius 2 is 0.188 bits per heavy atom. The fourth-order valence-corrected chi connectivity index (χ4v) is 25.0. The van der Waals surface area contributed by atoms with Crippen molar-refractivity contribution in [1.82, 2.24) is 0 Å². The quantitative estimate of drug-likeness (QED) is 0.0401. The molecule has 0 aromatic heterocycles. The van der Waals surface area contributed by atoms with Crippen molar-refractivity contribution in [3.05, 3.63) is 194 Å². The van der Waals surface area contributed by atoms with Crippen molar-refractivity contribution in [3.63, 3.8) is 0 Å². The molecule has 0 N–H and O–H groups in total. The first-order chi connectivity index (χ1) is 58.1. The van der Waals surface area contributed by atoms with Crippen LogP contribution in [0.1, 0.15) is 257 Å². The molecular weight excluding hydrogens is 2680 g/mol. The first-order valence-electron chi connectivity index (χ1n) is 45.7. The van der Waals surface area contributed by atoms with E-state index in [0.717, 1.165) is 46.0 Å². The van der Waals surface area contributed by atoms with Gasteiger partial charge in [0.1, 0.15) is 0 Å². The van der Waals surface area contributed by atoms with E-state index in [9.17, 15) is 0 Å². The zero-order chi connectivity index (χ0) is 91.1. The van der Waals surface area contributed by atoms with Gasteiger partial charge in [-0.1, -0.05) is 347 Å². The van der Waals surface area contributed by atoms with Crippen LogP contribution in [0.2, 0.25) is 101 Å². The molecule has 0 aliphatic heterocycles. The van der Waals surface area contributed by atoms with Gasteiger partial charge in [-0.2, -0.15) is 46.0 Å². The molecular formula is C100H176Cl8Rh8S8Si4-8. The van der Waals surface area contributed by atoms with Gasteiger partial charge in [-0.25, -0.2) is 0 Å². The number of alkyl halides is 8. The molecule has 128 heavy (non-hydrogen) atoms. The summed E-state index contributed by atoms with van der Waals surface area (Å²) in [6, 6.07) is 11.2. The molecule has 0 saturated carbocycles. The van der Waals surface area contributed by atoms with Crippen LogP contribution in [0.5, 0.6) is 0 Å². The van der Waals surface area contributed by atoms with Crippen LogP contribution >= 0.6 is 92.8 Å². The predicted molar refractivity (Wildman–Crippen MR) is 603 cm³/mol. The van der Waals surface area contributed by atoms with Crippen molar-refractivity contribution >= 4 is 226 Å². The largest absolute Gasteiger partial charge is 0.793 e. The maximum atomic E-state index is 4.93. The smallest absolute Gasteiger partial charge is 0.0967 e. The van der Waals surface area contributed by atoms with E-state index in [0.29, 0.717) is 0 Å². The van der Waals surface area contributed by atoms with Crippen molar-refractivity contribution in [2.24, 2.45) is 0 Å². The number of hydrogen-bond acceptors (Lipinski definition) is 8. The SMILES string of the molecule is C1=C\CC/C=C\CC/1.C1=C\CC/C=C\CC/1.C1=C\CC/C=C\CC/1.C1=C\CC/C=C\CC/1.C1=C\CC/C=C\CC/1.C1=C\CC/C=C\CC/1.C1=C\CC/C=C\CC/1.C1=C\CC/C=C\CC/1.C[Si](C)(CCC[S-])CCC[S-].C[Si](C)(CCC[S-])CCC[S-].C[Si](C)(CCC[S-])CCC[S-].C[Si](C)(CCC[S-])CCC[S-].ClCCl.ClCCl.ClCCl.ClCCl.[Rh].[Rh].[Rh].[Rh].[Rh].[Rh].[Rh].[Rh]. The van der Waals surface area contributed by atoms with Crippen LogP contribution in [-0.2, 0) is 257 Å². The van der Waals surface area contributed by atoms with E-state index in [-0.39, 0.29) is 177 Å². The molecule has 8 radical (unpaired) electrons. The zero-order valence-electron chi connectivity index (χ0n) is 79.9. The van der Waals surface area contributed by atoms with Gasteiger partial charge in [0.05, 0.1) is 21.4 Å². The summed E-state index contributed by atoms with van der Waals surface area (Å²) < 4.78 is 0. The minimum absolute atomic E-state index is 0. The maximum Gasteiger partial charge on any atom is 0.0967 e. The summed E-state index contributed by atoms with van der Waals surface area (Å²) in [6.45, 7) is 19.6. The molecule has 0 spiro atoms.